The maximum Gasteiger partial charge on any atom is 0.396 e. The fourth-order valence-electron chi connectivity index (χ4n) is 2.84. The molecule has 3 rings (SSSR count). The van der Waals surface area contributed by atoms with Crippen LogP contribution in [0.5, 0.6) is 5.75 Å². The zero-order valence-corrected chi connectivity index (χ0v) is 13.1. The van der Waals surface area contributed by atoms with Crippen LogP contribution in [0.1, 0.15) is 36.3 Å². The quantitative estimate of drug-likeness (QED) is 0.832. The van der Waals surface area contributed by atoms with Gasteiger partial charge in [-0.05, 0) is 31.5 Å². The van der Waals surface area contributed by atoms with E-state index in [0.29, 0.717) is 12.3 Å². The molecule has 2 aromatic rings. The van der Waals surface area contributed by atoms with Crippen LogP contribution in [0.25, 0.3) is 0 Å². The monoisotopic (exact) mass is 342 g/mol. The van der Waals surface area contributed by atoms with Gasteiger partial charge in [-0.2, -0.15) is 18.2 Å². The fourth-order valence-corrected chi connectivity index (χ4v) is 2.84. The molecule has 1 unspecified atom stereocenters. The Bertz CT molecular complexity index is 672. The van der Waals surface area contributed by atoms with Crippen LogP contribution in [-0.4, -0.2) is 39.9 Å². The van der Waals surface area contributed by atoms with Gasteiger partial charge >= 0.3 is 6.18 Å². The second kappa shape index (κ2) is 6.76. The first-order valence-electron chi connectivity index (χ1n) is 7.57. The molecule has 0 radical (unpaired) electrons. The number of likely N-dealkylation sites (tertiary alicyclic amines) is 1. The molecule has 9 heteroatoms. The highest BCUT2D eigenvalue weighted by Crippen LogP contribution is 2.32. The third-order valence-electron chi connectivity index (χ3n) is 3.91. The van der Waals surface area contributed by atoms with Crippen LogP contribution in [0.2, 0.25) is 0 Å². The number of ether oxygens (including phenoxy) is 1. The van der Waals surface area contributed by atoms with Gasteiger partial charge in [0.2, 0.25) is 5.89 Å². The third-order valence-corrected chi connectivity index (χ3v) is 3.91. The van der Waals surface area contributed by atoms with E-state index in [-0.39, 0.29) is 17.8 Å². The average molecular weight is 342 g/mol. The van der Waals surface area contributed by atoms with Gasteiger partial charge in [-0.25, -0.2) is 0 Å². The summed E-state index contributed by atoms with van der Waals surface area (Å²) in [6.45, 7) is 1.11. The normalized spacial score (nSPS) is 18.9. The van der Waals surface area contributed by atoms with E-state index in [9.17, 15) is 13.2 Å². The molecule has 130 valence electrons. The maximum absolute atomic E-state index is 12.4. The van der Waals surface area contributed by atoms with Crippen molar-refractivity contribution in [3.63, 3.8) is 0 Å². The predicted molar refractivity (Wildman–Crippen MR) is 77.2 cm³/mol. The smallest absolute Gasteiger partial charge is 0.396 e. The number of pyridine rings is 1. The molecule has 1 fully saturated rings. The van der Waals surface area contributed by atoms with Crippen molar-refractivity contribution in [2.24, 2.45) is 0 Å². The van der Waals surface area contributed by atoms with Crippen molar-refractivity contribution in [1.29, 1.82) is 0 Å². The minimum atomic E-state index is -4.34. The van der Waals surface area contributed by atoms with E-state index in [1.54, 1.807) is 13.3 Å². The maximum atomic E-state index is 12.4. The Morgan fingerprint density at radius 1 is 1.38 bits per heavy atom. The van der Waals surface area contributed by atoms with Crippen LogP contribution in [0.15, 0.2) is 22.9 Å². The van der Waals surface area contributed by atoms with Crippen molar-refractivity contribution in [3.8, 4) is 5.75 Å². The number of alkyl halides is 3. The van der Waals surface area contributed by atoms with E-state index in [2.05, 4.69) is 20.0 Å². The first kappa shape index (κ1) is 16.7. The van der Waals surface area contributed by atoms with Crippen LogP contribution in [-0.2, 0) is 13.0 Å². The number of rotatable bonds is 5. The summed E-state index contributed by atoms with van der Waals surface area (Å²) < 4.78 is 47.1. The second-order valence-corrected chi connectivity index (χ2v) is 5.65. The Hall–Kier alpha value is -2.16. The summed E-state index contributed by atoms with van der Waals surface area (Å²) in [5, 5.41) is 3.40. The molecule has 24 heavy (non-hydrogen) atoms. The van der Waals surface area contributed by atoms with Crippen LogP contribution < -0.4 is 4.74 Å². The molecular weight excluding hydrogens is 325 g/mol. The molecule has 0 aromatic carbocycles. The van der Waals surface area contributed by atoms with E-state index in [4.69, 9.17) is 9.26 Å². The largest absolute Gasteiger partial charge is 0.495 e. The number of nitrogens with zero attached hydrogens (tertiary/aromatic N) is 4. The Morgan fingerprint density at radius 2 is 2.21 bits per heavy atom. The number of hydrogen-bond acceptors (Lipinski definition) is 6. The standard InChI is InChI=1S/C15H17F3N4O2/c1-23-10-4-5-11(19-8-10)12-3-2-6-22(12)9-14-20-13(21-24-14)7-15(16,17)18/h4-5,8,12H,2-3,6-7,9H2,1H3. The Balaban J connectivity index is 1.67. The highest BCUT2D eigenvalue weighted by Gasteiger charge is 2.32. The lowest BCUT2D eigenvalue weighted by atomic mass is 10.1. The summed E-state index contributed by atoms with van der Waals surface area (Å²) in [5.74, 6) is 0.530. The van der Waals surface area contributed by atoms with Gasteiger partial charge in [0.15, 0.2) is 5.82 Å². The van der Waals surface area contributed by atoms with Crippen molar-refractivity contribution in [1.82, 2.24) is 20.0 Å². The van der Waals surface area contributed by atoms with Crippen LogP contribution in [0.3, 0.4) is 0 Å². The predicted octanol–water partition coefficient (Wildman–Crippen LogP) is 2.92. The molecule has 3 heterocycles. The van der Waals surface area contributed by atoms with Gasteiger partial charge in [-0.1, -0.05) is 5.16 Å². The van der Waals surface area contributed by atoms with Gasteiger partial charge in [-0.3, -0.25) is 9.88 Å². The average Bonchev–Trinajstić information content (AvgIpc) is 3.16. The van der Waals surface area contributed by atoms with Gasteiger partial charge in [0.05, 0.1) is 31.6 Å². The molecule has 0 saturated carbocycles. The highest BCUT2D eigenvalue weighted by molar-refractivity contribution is 5.22. The van der Waals surface area contributed by atoms with Gasteiger partial charge in [0, 0.05) is 0 Å². The number of hydrogen-bond donors (Lipinski definition) is 0. The van der Waals surface area contributed by atoms with Crippen molar-refractivity contribution >= 4 is 0 Å². The van der Waals surface area contributed by atoms with Gasteiger partial charge in [0.25, 0.3) is 0 Å². The molecular formula is C15H17F3N4O2. The lowest BCUT2D eigenvalue weighted by molar-refractivity contribution is -0.128. The SMILES string of the molecule is COc1ccc(C2CCCN2Cc2nc(CC(F)(F)F)no2)nc1. The van der Waals surface area contributed by atoms with E-state index in [1.807, 2.05) is 12.1 Å². The van der Waals surface area contributed by atoms with Crippen molar-refractivity contribution in [2.45, 2.75) is 38.0 Å². The summed E-state index contributed by atoms with van der Waals surface area (Å²) in [5.41, 5.74) is 0.892. The minimum absolute atomic E-state index is 0.0777. The molecule has 1 aliphatic rings. The molecule has 0 aliphatic carbocycles. The van der Waals surface area contributed by atoms with Crippen LogP contribution >= 0.6 is 0 Å². The van der Waals surface area contributed by atoms with Crippen molar-refractivity contribution in [2.75, 3.05) is 13.7 Å². The van der Waals surface area contributed by atoms with Gasteiger partial charge in [-0.15, -0.1) is 0 Å². The second-order valence-electron chi connectivity index (χ2n) is 5.65. The Kier molecular flexibility index (Phi) is 4.70. The van der Waals surface area contributed by atoms with Crippen molar-refractivity contribution < 1.29 is 22.4 Å². The van der Waals surface area contributed by atoms with Gasteiger partial charge < -0.3 is 9.26 Å². The Morgan fingerprint density at radius 3 is 2.88 bits per heavy atom. The van der Waals surface area contributed by atoms with E-state index < -0.39 is 12.6 Å². The highest BCUT2D eigenvalue weighted by atomic mass is 19.4. The molecule has 0 N–H and O–H groups in total. The first-order valence-corrected chi connectivity index (χ1v) is 7.57. The zero-order chi connectivity index (χ0) is 17.2. The number of methoxy groups -OCH3 is 1. The minimum Gasteiger partial charge on any atom is -0.495 e. The van der Waals surface area contributed by atoms with E-state index in [0.717, 1.165) is 25.1 Å². The summed E-state index contributed by atoms with van der Waals surface area (Å²) in [6.07, 6.45) is -1.98. The van der Waals surface area contributed by atoms with Gasteiger partial charge in [0.1, 0.15) is 12.2 Å². The lowest BCUT2D eigenvalue weighted by Crippen LogP contribution is -2.23. The fraction of sp³-hybridized carbons (Fsp3) is 0.533. The van der Waals surface area contributed by atoms with Crippen LogP contribution in [0.4, 0.5) is 13.2 Å². The summed E-state index contributed by atoms with van der Waals surface area (Å²) in [6, 6.07) is 3.81. The number of halogens is 3. The molecule has 1 aliphatic heterocycles. The summed E-state index contributed by atoms with van der Waals surface area (Å²) in [4.78, 5) is 10.3. The van der Waals surface area contributed by atoms with E-state index >= 15 is 0 Å². The van der Waals surface area contributed by atoms with E-state index in [1.165, 1.54) is 0 Å². The molecule has 0 spiro atoms. The molecule has 0 amide bonds. The Labute approximate surface area is 136 Å². The third kappa shape index (κ3) is 4.02. The molecule has 1 saturated heterocycles. The topological polar surface area (TPSA) is 64.3 Å². The van der Waals surface area contributed by atoms with Crippen molar-refractivity contribution in [3.05, 3.63) is 35.7 Å². The molecule has 2 aromatic heterocycles. The lowest BCUT2D eigenvalue weighted by Gasteiger charge is -2.22. The van der Waals surface area contributed by atoms with Crippen LogP contribution in [0, 0.1) is 0 Å². The summed E-state index contributed by atoms with van der Waals surface area (Å²) >= 11 is 0. The molecule has 6 nitrogen and oxygen atoms in total. The summed E-state index contributed by atoms with van der Waals surface area (Å²) in [7, 11) is 1.58. The first-order chi connectivity index (χ1) is 11.4. The molecule has 0 bridgehead atoms. The zero-order valence-electron chi connectivity index (χ0n) is 13.1. The molecule has 1 atom stereocenters. The number of aromatic nitrogens is 3.